The number of hydrogen-bond donors (Lipinski definition) is 1. The average molecular weight is 436 g/mol. The Hall–Kier alpha value is -4.71. The number of fused-ring (bicyclic) bond motifs is 1. The van der Waals surface area contributed by atoms with Crippen molar-refractivity contribution in [3.63, 3.8) is 0 Å². The molecule has 0 aliphatic heterocycles. The lowest BCUT2D eigenvalue weighted by Gasteiger charge is -2.11. The molecular formula is C24H17FN8. The summed E-state index contributed by atoms with van der Waals surface area (Å²) in [5.74, 6) is -0.406. The lowest BCUT2D eigenvalue weighted by atomic mass is 10.1. The Balaban J connectivity index is 1.39. The molecule has 0 aromatic carbocycles. The fraction of sp³-hybridized carbons (Fsp3) is 0.0833. The van der Waals surface area contributed by atoms with Crippen LogP contribution in [0.1, 0.15) is 11.3 Å². The van der Waals surface area contributed by atoms with Crippen molar-refractivity contribution < 1.29 is 4.39 Å². The van der Waals surface area contributed by atoms with Crippen molar-refractivity contribution >= 4 is 17.2 Å². The molecule has 0 aliphatic carbocycles. The molecule has 0 aliphatic rings. The average Bonchev–Trinajstić information content (AvgIpc) is 3.31. The van der Waals surface area contributed by atoms with Crippen molar-refractivity contribution in [2.24, 2.45) is 0 Å². The van der Waals surface area contributed by atoms with Crippen molar-refractivity contribution in [3.05, 3.63) is 95.9 Å². The second-order valence-corrected chi connectivity index (χ2v) is 7.33. The van der Waals surface area contributed by atoms with E-state index in [9.17, 15) is 0 Å². The van der Waals surface area contributed by atoms with E-state index in [0.717, 1.165) is 16.8 Å². The van der Waals surface area contributed by atoms with Gasteiger partial charge in [-0.15, -0.1) is 0 Å². The Morgan fingerprint density at radius 2 is 1.94 bits per heavy atom. The highest BCUT2D eigenvalue weighted by Crippen LogP contribution is 2.30. The number of aryl methyl sites for hydroxylation is 1. The fourth-order valence-corrected chi connectivity index (χ4v) is 3.51. The highest BCUT2D eigenvalue weighted by molar-refractivity contribution is 5.75. The number of hydrogen-bond acceptors (Lipinski definition) is 6. The maximum Gasteiger partial charge on any atom is 0.213 e. The molecule has 0 fully saturated rings. The van der Waals surface area contributed by atoms with Crippen LogP contribution in [0.3, 0.4) is 0 Å². The molecule has 0 saturated heterocycles. The number of pyridine rings is 3. The van der Waals surface area contributed by atoms with Gasteiger partial charge in [0.1, 0.15) is 0 Å². The molecule has 0 bridgehead atoms. The van der Waals surface area contributed by atoms with E-state index in [1.165, 1.54) is 6.20 Å². The summed E-state index contributed by atoms with van der Waals surface area (Å²) in [4.78, 5) is 20.9. The van der Waals surface area contributed by atoms with E-state index in [-0.39, 0.29) is 12.4 Å². The summed E-state index contributed by atoms with van der Waals surface area (Å²) in [7, 11) is 0. The second kappa shape index (κ2) is 8.43. The van der Waals surface area contributed by atoms with E-state index in [1.54, 1.807) is 53.6 Å². The van der Waals surface area contributed by atoms with Crippen LogP contribution in [0.5, 0.6) is 0 Å². The van der Waals surface area contributed by atoms with Gasteiger partial charge in [0.25, 0.3) is 0 Å². The quantitative estimate of drug-likeness (QED) is 0.396. The van der Waals surface area contributed by atoms with Crippen molar-refractivity contribution in [1.82, 2.24) is 29.5 Å². The molecule has 5 heterocycles. The van der Waals surface area contributed by atoms with Crippen molar-refractivity contribution in [1.29, 1.82) is 0 Å². The molecule has 0 radical (unpaired) electrons. The largest absolute Gasteiger partial charge is 0.364 e. The first kappa shape index (κ1) is 20.2. The maximum atomic E-state index is 15.2. The Bertz CT molecular complexity index is 1520. The first-order valence-corrected chi connectivity index (χ1v) is 10.1. The summed E-state index contributed by atoms with van der Waals surface area (Å²) in [5.41, 5.74) is 4.86. The summed E-state index contributed by atoms with van der Waals surface area (Å²) in [6.07, 6.45) is 8.25. The highest BCUT2D eigenvalue weighted by Gasteiger charge is 2.14. The monoisotopic (exact) mass is 436 g/mol. The standard InChI is InChI=1S/C24H17FN8/c1-15-11-17(3-7-27-15)23-20(26-2)12-16(13-29-23)14-30-24-22(25)18(4-8-28-24)19-6-10-33-21(32-19)5-9-31-33/h3-13H,14H2,1H3,(H,28,30). The molecule has 160 valence electrons. The zero-order valence-electron chi connectivity index (χ0n) is 17.6. The van der Waals surface area contributed by atoms with E-state index in [4.69, 9.17) is 6.57 Å². The van der Waals surface area contributed by atoms with Crippen molar-refractivity contribution in [2.45, 2.75) is 13.5 Å². The predicted molar refractivity (Wildman–Crippen MR) is 122 cm³/mol. The number of halogens is 1. The summed E-state index contributed by atoms with van der Waals surface area (Å²) in [5, 5.41) is 7.11. The summed E-state index contributed by atoms with van der Waals surface area (Å²) >= 11 is 0. The van der Waals surface area contributed by atoms with Crippen molar-refractivity contribution in [3.8, 4) is 22.5 Å². The minimum Gasteiger partial charge on any atom is -0.364 e. The smallest absolute Gasteiger partial charge is 0.213 e. The van der Waals surface area contributed by atoms with Crippen LogP contribution in [0, 0.1) is 19.3 Å². The predicted octanol–water partition coefficient (Wildman–Crippen LogP) is 4.86. The van der Waals surface area contributed by atoms with Crippen LogP contribution >= 0.6 is 0 Å². The van der Waals surface area contributed by atoms with E-state index in [0.29, 0.717) is 28.3 Å². The van der Waals surface area contributed by atoms with Gasteiger partial charge in [-0.3, -0.25) is 9.97 Å². The molecule has 0 amide bonds. The van der Waals surface area contributed by atoms with Gasteiger partial charge in [-0.25, -0.2) is 23.7 Å². The minimum absolute atomic E-state index is 0.0980. The molecule has 33 heavy (non-hydrogen) atoms. The van der Waals surface area contributed by atoms with Crippen LogP contribution < -0.4 is 5.32 Å². The van der Waals surface area contributed by atoms with Gasteiger partial charge in [-0.2, -0.15) is 5.10 Å². The first-order chi connectivity index (χ1) is 16.1. The van der Waals surface area contributed by atoms with Gasteiger partial charge in [0.2, 0.25) is 5.69 Å². The van der Waals surface area contributed by atoms with Crippen LogP contribution in [0.4, 0.5) is 15.9 Å². The number of nitrogens with one attached hydrogen (secondary N) is 1. The van der Waals surface area contributed by atoms with Gasteiger partial charge < -0.3 is 5.32 Å². The SMILES string of the molecule is [C-]#[N+]c1cc(CNc2nccc(-c3ccn4nccc4n3)c2F)cnc1-c1ccnc(C)c1. The van der Waals surface area contributed by atoms with E-state index < -0.39 is 5.82 Å². The van der Waals surface area contributed by atoms with E-state index in [1.807, 2.05) is 19.1 Å². The Labute approximate surface area is 188 Å². The topological polar surface area (TPSA) is 85.2 Å². The third kappa shape index (κ3) is 3.97. The molecule has 5 rings (SSSR count). The van der Waals surface area contributed by atoms with Crippen LogP contribution in [-0.2, 0) is 6.54 Å². The minimum atomic E-state index is -0.504. The Morgan fingerprint density at radius 3 is 2.79 bits per heavy atom. The summed E-state index contributed by atoms with van der Waals surface area (Å²) in [6.45, 7) is 9.69. The van der Waals surface area contributed by atoms with Gasteiger partial charge >= 0.3 is 0 Å². The lowest BCUT2D eigenvalue weighted by Crippen LogP contribution is -2.05. The van der Waals surface area contributed by atoms with Crippen LogP contribution in [0.15, 0.2) is 67.4 Å². The fourth-order valence-electron chi connectivity index (χ4n) is 3.51. The van der Waals surface area contributed by atoms with E-state index in [2.05, 4.69) is 35.2 Å². The molecule has 0 spiro atoms. The molecule has 9 heteroatoms. The van der Waals surface area contributed by atoms with Crippen molar-refractivity contribution in [2.75, 3.05) is 5.32 Å². The third-order valence-electron chi connectivity index (χ3n) is 5.10. The Morgan fingerprint density at radius 1 is 1.06 bits per heavy atom. The molecule has 0 saturated carbocycles. The zero-order valence-corrected chi connectivity index (χ0v) is 17.6. The number of aromatic nitrogens is 6. The van der Waals surface area contributed by atoms with Gasteiger partial charge in [0.15, 0.2) is 17.3 Å². The van der Waals surface area contributed by atoms with Crippen LogP contribution in [0.25, 0.3) is 33.0 Å². The van der Waals surface area contributed by atoms with Crippen LogP contribution in [0.2, 0.25) is 0 Å². The molecule has 8 nitrogen and oxygen atoms in total. The molecule has 0 unspecified atom stereocenters. The second-order valence-electron chi connectivity index (χ2n) is 7.33. The van der Waals surface area contributed by atoms with E-state index >= 15 is 4.39 Å². The first-order valence-electron chi connectivity index (χ1n) is 10.1. The number of nitrogens with zero attached hydrogens (tertiary/aromatic N) is 7. The molecule has 0 atom stereocenters. The van der Waals surface area contributed by atoms with Gasteiger partial charge in [0.05, 0.1) is 24.2 Å². The van der Waals surface area contributed by atoms with Crippen LogP contribution in [-0.4, -0.2) is 29.5 Å². The molecular weight excluding hydrogens is 419 g/mol. The molecule has 5 aromatic rings. The molecule has 5 aromatic heterocycles. The summed E-state index contributed by atoms with van der Waals surface area (Å²) < 4.78 is 16.8. The Kier molecular flexibility index (Phi) is 5.16. The number of anilines is 1. The highest BCUT2D eigenvalue weighted by atomic mass is 19.1. The van der Waals surface area contributed by atoms with Gasteiger partial charge in [-0.05, 0) is 48.4 Å². The number of rotatable bonds is 5. The molecule has 1 N–H and O–H groups in total. The normalized spacial score (nSPS) is 10.8. The summed E-state index contributed by atoms with van der Waals surface area (Å²) in [6, 6.07) is 10.5. The zero-order chi connectivity index (χ0) is 22.8. The van der Waals surface area contributed by atoms with Gasteiger partial charge in [-0.1, -0.05) is 0 Å². The maximum absolute atomic E-state index is 15.2. The third-order valence-corrected chi connectivity index (χ3v) is 5.10. The lowest BCUT2D eigenvalue weighted by molar-refractivity contribution is 0.627. The van der Waals surface area contributed by atoms with Gasteiger partial charge in [0, 0.05) is 48.7 Å².